The Hall–Kier alpha value is -0.120. The second-order valence-corrected chi connectivity index (χ2v) is 4.92. The standard InChI is InChI=1S/C12H23NO2/c1-2-15-8-11(14)7-13-12(9-3-4-9)10-5-6-10/h9-14H,2-8H2,1H3. The summed E-state index contributed by atoms with van der Waals surface area (Å²) >= 11 is 0. The molecule has 0 radical (unpaired) electrons. The maximum Gasteiger partial charge on any atom is 0.0897 e. The van der Waals surface area contributed by atoms with Crippen LogP contribution in [-0.2, 0) is 4.74 Å². The molecule has 0 amide bonds. The van der Waals surface area contributed by atoms with Crippen molar-refractivity contribution in [3.63, 3.8) is 0 Å². The molecule has 0 saturated heterocycles. The van der Waals surface area contributed by atoms with E-state index in [9.17, 15) is 5.11 Å². The van der Waals surface area contributed by atoms with Gasteiger partial charge in [-0.15, -0.1) is 0 Å². The highest BCUT2D eigenvalue weighted by Crippen LogP contribution is 2.44. The summed E-state index contributed by atoms with van der Waals surface area (Å²) < 4.78 is 5.19. The summed E-state index contributed by atoms with van der Waals surface area (Å²) in [7, 11) is 0. The predicted molar refractivity (Wildman–Crippen MR) is 59.7 cm³/mol. The van der Waals surface area contributed by atoms with Gasteiger partial charge in [-0.3, -0.25) is 0 Å². The van der Waals surface area contributed by atoms with Gasteiger partial charge in [0.05, 0.1) is 12.7 Å². The Morgan fingerprint density at radius 3 is 2.33 bits per heavy atom. The van der Waals surface area contributed by atoms with Gasteiger partial charge in [0, 0.05) is 19.2 Å². The number of ether oxygens (including phenoxy) is 1. The van der Waals surface area contributed by atoms with Gasteiger partial charge >= 0.3 is 0 Å². The molecule has 88 valence electrons. The van der Waals surface area contributed by atoms with Crippen LogP contribution in [-0.4, -0.2) is 37.0 Å². The SMILES string of the molecule is CCOCC(O)CNC(C1CC1)C1CC1. The minimum absolute atomic E-state index is 0.343. The Bertz CT molecular complexity index is 178. The van der Waals surface area contributed by atoms with E-state index in [0.29, 0.717) is 25.8 Å². The van der Waals surface area contributed by atoms with Crippen LogP contribution in [0.25, 0.3) is 0 Å². The Morgan fingerprint density at radius 1 is 1.27 bits per heavy atom. The Balaban J connectivity index is 1.61. The summed E-state index contributed by atoms with van der Waals surface area (Å²) in [6.07, 6.45) is 5.20. The molecule has 2 rings (SSSR count). The molecule has 0 aliphatic heterocycles. The third-order valence-electron chi connectivity index (χ3n) is 3.36. The molecule has 0 bridgehead atoms. The molecular weight excluding hydrogens is 190 g/mol. The van der Waals surface area contributed by atoms with Crippen LogP contribution in [0.5, 0.6) is 0 Å². The van der Waals surface area contributed by atoms with E-state index < -0.39 is 0 Å². The fourth-order valence-electron chi connectivity index (χ4n) is 2.21. The van der Waals surface area contributed by atoms with Gasteiger partial charge in [0.25, 0.3) is 0 Å². The van der Waals surface area contributed by atoms with Crippen molar-refractivity contribution in [2.45, 2.75) is 44.8 Å². The maximum absolute atomic E-state index is 9.65. The van der Waals surface area contributed by atoms with Gasteiger partial charge in [0.15, 0.2) is 0 Å². The molecule has 2 aliphatic carbocycles. The summed E-state index contributed by atoms with van der Waals surface area (Å²) in [5.74, 6) is 1.80. The van der Waals surface area contributed by atoms with Gasteiger partial charge in [-0.1, -0.05) is 0 Å². The van der Waals surface area contributed by atoms with E-state index in [1.54, 1.807) is 0 Å². The summed E-state index contributed by atoms with van der Waals surface area (Å²) in [5.41, 5.74) is 0. The largest absolute Gasteiger partial charge is 0.389 e. The minimum Gasteiger partial charge on any atom is -0.389 e. The van der Waals surface area contributed by atoms with Crippen LogP contribution in [0.15, 0.2) is 0 Å². The average Bonchev–Trinajstić information content (AvgIpc) is 3.05. The van der Waals surface area contributed by atoms with Crippen LogP contribution in [0, 0.1) is 11.8 Å². The highest BCUT2D eigenvalue weighted by Gasteiger charge is 2.41. The molecule has 0 aromatic heterocycles. The summed E-state index contributed by atoms with van der Waals surface area (Å²) in [6.45, 7) is 3.80. The molecule has 15 heavy (non-hydrogen) atoms. The monoisotopic (exact) mass is 213 g/mol. The van der Waals surface area contributed by atoms with Gasteiger partial charge in [-0.25, -0.2) is 0 Å². The molecule has 1 atom stereocenters. The fraction of sp³-hybridized carbons (Fsp3) is 1.00. The molecule has 2 N–H and O–H groups in total. The molecule has 1 unspecified atom stereocenters. The van der Waals surface area contributed by atoms with Gasteiger partial charge < -0.3 is 15.2 Å². The van der Waals surface area contributed by atoms with Gasteiger partial charge in [0.2, 0.25) is 0 Å². The quantitative estimate of drug-likeness (QED) is 0.636. The second-order valence-electron chi connectivity index (χ2n) is 4.92. The first-order valence-electron chi connectivity index (χ1n) is 6.30. The normalized spacial score (nSPS) is 23.4. The number of aliphatic hydroxyl groups is 1. The number of nitrogens with one attached hydrogen (secondary N) is 1. The molecular formula is C12H23NO2. The highest BCUT2D eigenvalue weighted by atomic mass is 16.5. The van der Waals surface area contributed by atoms with Gasteiger partial charge in [-0.2, -0.15) is 0 Å². The topological polar surface area (TPSA) is 41.5 Å². The third kappa shape index (κ3) is 3.74. The molecule has 3 heteroatoms. The van der Waals surface area contributed by atoms with Crippen LogP contribution in [0.4, 0.5) is 0 Å². The third-order valence-corrected chi connectivity index (χ3v) is 3.36. The van der Waals surface area contributed by atoms with Gasteiger partial charge in [-0.05, 0) is 44.4 Å². The molecule has 0 aromatic rings. The van der Waals surface area contributed by atoms with E-state index in [1.807, 2.05) is 6.92 Å². The molecule has 2 saturated carbocycles. The van der Waals surface area contributed by atoms with Crippen molar-refractivity contribution in [2.75, 3.05) is 19.8 Å². The Labute approximate surface area is 92.2 Å². The Kier molecular flexibility index (Phi) is 4.00. The first-order chi connectivity index (χ1) is 7.31. The number of hydrogen-bond acceptors (Lipinski definition) is 3. The van der Waals surface area contributed by atoms with Crippen LogP contribution in [0.3, 0.4) is 0 Å². The van der Waals surface area contributed by atoms with Crippen molar-refractivity contribution >= 4 is 0 Å². The lowest BCUT2D eigenvalue weighted by atomic mass is 10.1. The second kappa shape index (κ2) is 5.28. The Morgan fingerprint density at radius 2 is 1.87 bits per heavy atom. The van der Waals surface area contributed by atoms with E-state index in [2.05, 4.69) is 5.32 Å². The van der Waals surface area contributed by atoms with E-state index in [0.717, 1.165) is 11.8 Å². The molecule has 0 heterocycles. The van der Waals surface area contributed by atoms with E-state index in [4.69, 9.17) is 4.74 Å². The first kappa shape index (κ1) is 11.4. The molecule has 0 aromatic carbocycles. The molecule has 2 aliphatic rings. The summed E-state index contributed by atoms with van der Waals surface area (Å²) in [4.78, 5) is 0. The average molecular weight is 213 g/mol. The van der Waals surface area contributed by atoms with Crippen molar-refractivity contribution in [2.24, 2.45) is 11.8 Å². The zero-order valence-electron chi connectivity index (χ0n) is 9.61. The first-order valence-corrected chi connectivity index (χ1v) is 6.30. The fourth-order valence-corrected chi connectivity index (χ4v) is 2.21. The van der Waals surface area contributed by atoms with Crippen LogP contribution in [0.1, 0.15) is 32.6 Å². The van der Waals surface area contributed by atoms with Gasteiger partial charge in [0.1, 0.15) is 0 Å². The van der Waals surface area contributed by atoms with Crippen molar-refractivity contribution in [1.82, 2.24) is 5.32 Å². The number of hydrogen-bond donors (Lipinski definition) is 2. The predicted octanol–water partition coefficient (Wildman–Crippen LogP) is 1.16. The van der Waals surface area contributed by atoms with E-state index in [1.165, 1.54) is 25.7 Å². The zero-order chi connectivity index (χ0) is 10.7. The van der Waals surface area contributed by atoms with Crippen molar-refractivity contribution in [1.29, 1.82) is 0 Å². The van der Waals surface area contributed by atoms with Crippen LogP contribution < -0.4 is 5.32 Å². The lowest BCUT2D eigenvalue weighted by Gasteiger charge is -2.20. The van der Waals surface area contributed by atoms with Crippen LogP contribution in [0.2, 0.25) is 0 Å². The van der Waals surface area contributed by atoms with Crippen LogP contribution >= 0.6 is 0 Å². The molecule has 2 fully saturated rings. The van der Waals surface area contributed by atoms with Crippen molar-refractivity contribution in [3.8, 4) is 0 Å². The number of aliphatic hydroxyl groups excluding tert-OH is 1. The van der Waals surface area contributed by atoms with Crippen molar-refractivity contribution < 1.29 is 9.84 Å². The molecule has 3 nitrogen and oxygen atoms in total. The van der Waals surface area contributed by atoms with Crippen molar-refractivity contribution in [3.05, 3.63) is 0 Å². The molecule has 0 spiro atoms. The van der Waals surface area contributed by atoms with E-state index in [-0.39, 0.29) is 6.10 Å². The number of rotatable bonds is 8. The highest BCUT2D eigenvalue weighted by molar-refractivity contribution is 4.96. The minimum atomic E-state index is -0.343. The van der Waals surface area contributed by atoms with E-state index >= 15 is 0 Å². The lowest BCUT2D eigenvalue weighted by Crippen LogP contribution is -2.40. The maximum atomic E-state index is 9.65. The zero-order valence-corrected chi connectivity index (χ0v) is 9.61. The summed E-state index contributed by atoms with van der Waals surface area (Å²) in [6, 6.07) is 0.682. The smallest absolute Gasteiger partial charge is 0.0897 e. The summed E-state index contributed by atoms with van der Waals surface area (Å²) in [5, 5.41) is 13.2. The lowest BCUT2D eigenvalue weighted by molar-refractivity contribution is 0.0405.